The monoisotopic (exact) mass is 463 g/mol. The Bertz CT molecular complexity index is 941. The summed E-state index contributed by atoms with van der Waals surface area (Å²) in [5.74, 6) is 1.76. The summed E-state index contributed by atoms with van der Waals surface area (Å²) in [6.07, 6.45) is 0.769. The molecule has 0 fully saturated rings. The maximum Gasteiger partial charge on any atom is 0.220 e. The van der Waals surface area contributed by atoms with Crippen LogP contribution in [-0.4, -0.2) is 17.4 Å². The quantitative estimate of drug-likeness (QED) is 0.470. The van der Waals surface area contributed by atoms with Crippen LogP contribution in [0.4, 0.5) is 0 Å². The minimum atomic E-state index is -0.228. The van der Waals surface area contributed by atoms with Crippen LogP contribution in [0.25, 0.3) is 11.3 Å². The number of nitrogens with one attached hydrogen (secondary N) is 1. The Kier molecular flexibility index (Phi) is 10.8. The molecule has 1 unspecified atom stereocenters. The molecule has 0 spiro atoms. The average Bonchev–Trinajstić information content (AvgIpc) is 3.11. The Hall–Kier alpha value is -2.34. The smallest absolute Gasteiger partial charge is 0.220 e. The molecule has 31 heavy (non-hydrogen) atoms. The van der Waals surface area contributed by atoms with Crippen molar-refractivity contribution in [1.82, 2.24) is 10.3 Å². The van der Waals surface area contributed by atoms with Crippen LogP contribution in [-0.2, 0) is 11.2 Å². The maximum atomic E-state index is 12.2. The zero-order chi connectivity index (χ0) is 20.8. The van der Waals surface area contributed by atoms with E-state index in [9.17, 15) is 4.79 Å². The van der Waals surface area contributed by atoms with Gasteiger partial charge in [-0.15, -0.1) is 24.8 Å². The first-order valence-corrected chi connectivity index (χ1v) is 10.1. The Morgan fingerprint density at radius 1 is 1.03 bits per heavy atom. The Morgan fingerprint density at radius 3 is 2.26 bits per heavy atom. The van der Waals surface area contributed by atoms with Crippen molar-refractivity contribution in [2.24, 2.45) is 5.73 Å². The summed E-state index contributed by atoms with van der Waals surface area (Å²) in [7, 11) is 0. The minimum Gasteiger partial charge on any atom is -0.440 e. The number of halogens is 2. The first-order valence-electron chi connectivity index (χ1n) is 10.1. The molecule has 1 atom stereocenters. The number of carbonyl (C=O) groups excluding carboxylic acids is 1. The number of rotatable bonds is 8. The molecule has 3 N–H and O–H groups in total. The van der Waals surface area contributed by atoms with E-state index in [1.54, 1.807) is 0 Å². The molecule has 0 saturated carbocycles. The second-order valence-electron chi connectivity index (χ2n) is 7.62. The highest BCUT2D eigenvalue weighted by molar-refractivity contribution is 5.85. The third-order valence-corrected chi connectivity index (χ3v) is 4.99. The lowest BCUT2D eigenvalue weighted by Gasteiger charge is -2.14. The zero-order valence-electron chi connectivity index (χ0n) is 18.1. The van der Waals surface area contributed by atoms with Gasteiger partial charge in [-0.2, -0.15) is 0 Å². The van der Waals surface area contributed by atoms with Gasteiger partial charge in [0.05, 0.1) is 5.69 Å². The molecule has 0 saturated heterocycles. The molecular weight excluding hydrogens is 433 g/mol. The number of amides is 1. The highest BCUT2D eigenvalue weighted by Gasteiger charge is 2.14. The van der Waals surface area contributed by atoms with Crippen molar-refractivity contribution >= 4 is 30.7 Å². The number of hydrogen-bond acceptors (Lipinski definition) is 4. The largest absolute Gasteiger partial charge is 0.440 e. The van der Waals surface area contributed by atoms with E-state index in [4.69, 9.17) is 10.2 Å². The van der Waals surface area contributed by atoms with Crippen molar-refractivity contribution in [3.63, 3.8) is 0 Å². The maximum absolute atomic E-state index is 12.2. The number of aryl methyl sites for hydroxylation is 2. The van der Waals surface area contributed by atoms with Gasteiger partial charge < -0.3 is 15.5 Å². The van der Waals surface area contributed by atoms with E-state index in [2.05, 4.69) is 36.3 Å². The number of hydrogen-bond donors (Lipinski definition) is 2. The summed E-state index contributed by atoms with van der Waals surface area (Å²) in [4.78, 5) is 16.7. The van der Waals surface area contributed by atoms with Crippen molar-refractivity contribution in [1.29, 1.82) is 0 Å². The number of aromatic nitrogens is 1. The van der Waals surface area contributed by atoms with E-state index in [1.807, 2.05) is 49.4 Å². The number of nitrogens with two attached hydrogens (primary N) is 1. The number of nitrogens with zero attached hydrogens (tertiary/aromatic N) is 1. The summed E-state index contributed by atoms with van der Waals surface area (Å²) in [5, 5.41) is 2.91. The van der Waals surface area contributed by atoms with Crippen LogP contribution in [0.5, 0.6) is 0 Å². The SMILES string of the molecule is Cc1nc(CCC(=O)NCC(N)c2ccc(C(C)C)cc2)oc1-c1ccccc1.Cl.Cl. The average molecular weight is 464 g/mol. The van der Waals surface area contributed by atoms with Crippen LogP contribution in [0.1, 0.15) is 54.9 Å². The Labute approximate surface area is 196 Å². The molecule has 3 rings (SSSR count). The third kappa shape index (κ3) is 7.39. The number of oxazole rings is 1. The molecular formula is C24H31Cl2N3O2. The van der Waals surface area contributed by atoms with Crippen LogP contribution in [0.15, 0.2) is 59.0 Å². The lowest BCUT2D eigenvalue weighted by atomic mass is 9.99. The summed E-state index contributed by atoms with van der Waals surface area (Å²) in [5.41, 5.74) is 10.3. The van der Waals surface area contributed by atoms with Gasteiger partial charge in [0, 0.05) is 31.0 Å². The molecule has 1 heterocycles. The van der Waals surface area contributed by atoms with Crippen LogP contribution < -0.4 is 11.1 Å². The normalized spacial score (nSPS) is 11.4. The molecule has 5 nitrogen and oxygen atoms in total. The van der Waals surface area contributed by atoms with Gasteiger partial charge in [0.2, 0.25) is 5.91 Å². The van der Waals surface area contributed by atoms with Gasteiger partial charge in [-0.25, -0.2) is 4.98 Å². The van der Waals surface area contributed by atoms with Gasteiger partial charge in [0.15, 0.2) is 11.7 Å². The lowest BCUT2D eigenvalue weighted by molar-refractivity contribution is -0.121. The van der Waals surface area contributed by atoms with E-state index >= 15 is 0 Å². The number of carbonyl (C=O) groups is 1. The summed E-state index contributed by atoms with van der Waals surface area (Å²) in [6.45, 7) is 6.64. The molecule has 7 heteroatoms. The summed E-state index contributed by atoms with van der Waals surface area (Å²) < 4.78 is 5.86. The molecule has 2 aromatic carbocycles. The molecule has 1 amide bonds. The van der Waals surface area contributed by atoms with Crippen molar-refractivity contribution in [3.05, 3.63) is 77.3 Å². The van der Waals surface area contributed by atoms with Gasteiger partial charge in [-0.05, 0) is 24.0 Å². The van der Waals surface area contributed by atoms with Crippen molar-refractivity contribution in [2.45, 2.75) is 45.6 Å². The van der Waals surface area contributed by atoms with Crippen LogP contribution in [0, 0.1) is 6.92 Å². The molecule has 0 aliphatic heterocycles. The molecule has 0 aliphatic rings. The first kappa shape index (κ1) is 26.7. The Morgan fingerprint density at radius 2 is 1.65 bits per heavy atom. The van der Waals surface area contributed by atoms with E-state index in [0.717, 1.165) is 22.6 Å². The van der Waals surface area contributed by atoms with Crippen molar-refractivity contribution in [2.75, 3.05) is 6.54 Å². The molecule has 0 aliphatic carbocycles. The van der Waals surface area contributed by atoms with Gasteiger partial charge in [0.1, 0.15) is 0 Å². The van der Waals surface area contributed by atoms with Crippen molar-refractivity contribution < 1.29 is 9.21 Å². The summed E-state index contributed by atoms with van der Waals surface area (Å²) >= 11 is 0. The lowest BCUT2D eigenvalue weighted by Crippen LogP contribution is -2.32. The molecule has 1 aromatic heterocycles. The van der Waals surface area contributed by atoms with Gasteiger partial charge >= 0.3 is 0 Å². The fraction of sp³-hybridized carbons (Fsp3) is 0.333. The second kappa shape index (κ2) is 12.5. The highest BCUT2D eigenvalue weighted by atomic mass is 35.5. The van der Waals surface area contributed by atoms with Crippen LogP contribution >= 0.6 is 24.8 Å². The zero-order valence-corrected chi connectivity index (χ0v) is 19.8. The molecule has 0 bridgehead atoms. The third-order valence-electron chi connectivity index (χ3n) is 4.99. The predicted molar refractivity (Wildman–Crippen MR) is 130 cm³/mol. The molecule has 0 radical (unpaired) electrons. The van der Waals surface area contributed by atoms with Gasteiger partial charge in [-0.1, -0.05) is 68.4 Å². The van der Waals surface area contributed by atoms with Crippen molar-refractivity contribution in [3.8, 4) is 11.3 Å². The summed E-state index contributed by atoms with van der Waals surface area (Å²) in [6, 6.07) is 17.9. The molecule has 168 valence electrons. The van der Waals surface area contributed by atoms with Gasteiger partial charge in [-0.3, -0.25) is 4.79 Å². The van der Waals surface area contributed by atoms with E-state index in [0.29, 0.717) is 31.2 Å². The topological polar surface area (TPSA) is 81.2 Å². The van der Waals surface area contributed by atoms with E-state index in [1.165, 1.54) is 5.56 Å². The van der Waals surface area contributed by atoms with E-state index < -0.39 is 0 Å². The molecule has 3 aromatic rings. The van der Waals surface area contributed by atoms with Gasteiger partial charge in [0.25, 0.3) is 0 Å². The highest BCUT2D eigenvalue weighted by Crippen LogP contribution is 2.24. The standard InChI is InChI=1S/C24H29N3O2.2ClH/c1-16(2)18-9-11-19(12-10-18)21(25)15-26-22(28)13-14-23-27-17(3)24(29-23)20-7-5-4-6-8-20;;/h4-12,16,21H,13-15,25H2,1-3H3,(H,26,28);2*1H. The minimum absolute atomic E-state index is 0. The van der Waals surface area contributed by atoms with Crippen LogP contribution in [0.3, 0.4) is 0 Å². The fourth-order valence-corrected chi connectivity index (χ4v) is 3.20. The first-order chi connectivity index (χ1) is 13.9. The predicted octanol–water partition coefficient (Wildman–Crippen LogP) is 5.37. The fourth-order valence-electron chi connectivity index (χ4n) is 3.20. The Balaban J connectivity index is 0.00000240. The van der Waals surface area contributed by atoms with E-state index in [-0.39, 0.29) is 36.8 Å². The second-order valence-corrected chi connectivity index (χ2v) is 7.62. The number of benzene rings is 2. The van der Waals surface area contributed by atoms with Crippen LogP contribution in [0.2, 0.25) is 0 Å².